The van der Waals surface area contributed by atoms with Crippen LogP contribution in [-0.2, 0) is 6.54 Å². The minimum Gasteiger partial charge on any atom is -0.454 e. The molecule has 1 heterocycles. The van der Waals surface area contributed by atoms with Gasteiger partial charge < -0.3 is 14.8 Å². The van der Waals surface area contributed by atoms with E-state index >= 15 is 0 Å². The highest BCUT2D eigenvalue weighted by atomic mass is 35.5. The first kappa shape index (κ1) is 13.1. The summed E-state index contributed by atoms with van der Waals surface area (Å²) >= 11 is 6.19. The molecule has 1 fully saturated rings. The minimum atomic E-state index is 0.267. The molecule has 0 amide bonds. The summed E-state index contributed by atoms with van der Waals surface area (Å²) in [6.07, 6.45) is 2.58. The number of nitrogens with one attached hydrogen (secondary N) is 1. The SMILES string of the molecule is CC1CCC(NCc2cc(Cl)c3c(c2)OCO3)C1C. The number of hydrogen-bond acceptors (Lipinski definition) is 3. The number of hydrogen-bond donors (Lipinski definition) is 1. The maximum atomic E-state index is 6.19. The van der Waals surface area contributed by atoms with E-state index in [-0.39, 0.29) is 6.79 Å². The van der Waals surface area contributed by atoms with Gasteiger partial charge in [0.2, 0.25) is 6.79 Å². The summed E-state index contributed by atoms with van der Waals surface area (Å²) in [6.45, 7) is 5.77. The molecular weight excluding hydrogens is 262 g/mol. The lowest BCUT2D eigenvalue weighted by Crippen LogP contribution is -2.31. The third-order valence-corrected chi connectivity index (χ3v) is 4.80. The first-order valence-electron chi connectivity index (χ1n) is 6.96. The first-order valence-corrected chi connectivity index (χ1v) is 7.34. The van der Waals surface area contributed by atoms with E-state index in [1.54, 1.807) is 0 Å². The Kier molecular flexibility index (Phi) is 3.59. The van der Waals surface area contributed by atoms with Crippen molar-refractivity contribution in [1.29, 1.82) is 0 Å². The molecule has 1 N–H and O–H groups in total. The molecule has 3 nitrogen and oxygen atoms in total. The topological polar surface area (TPSA) is 30.5 Å². The third kappa shape index (κ3) is 2.54. The zero-order chi connectivity index (χ0) is 13.4. The maximum Gasteiger partial charge on any atom is 0.231 e. The molecule has 0 saturated heterocycles. The van der Waals surface area contributed by atoms with E-state index in [0.29, 0.717) is 16.8 Å². The van der Waals surface area contributed by atoms with E-state index in [9.17, 15) is 0 Å². The van der Waals surface area contributed by atoms with Crippen molar-refractivity contribution in [3.63, 3.8) is 0 Å². The monoisotopic (exact) mass is 281 g/mol. The Morgan fingerprint density at radius 2 is 2.11 bits per heavy atom. The predicted molar refractivity (Wildman–Crippen MR) is 75.8 cm³/mol. The van der Waals surface area contributed by atoms with Crippen molar-refractivity contribution in [3.8, 4) is 11.5 Å². The van der Waals surface area contributed by atoms with Gasteiger partial charge in [0.1, 0.15) is 0 Å². The van der Waals surface area contributed by atoms with Crippen molar-refractivity contribution in [3.05, 3.63) is 22.7 Å². The largest absolute Gasteiger partial charge is 0.454 e. The van der Waals surface area contributed by atoms with Crippen LogP contribution in [-0.4, -0.2) is 12.8 Å². The van der Waals surface area contributed by atoms with Crippen molar-refractivity contribution in [2.75, 3.05) is 6.79 Å². The molecule has 3 unspecified atom stereocenters. The number of halogens is 1. The van der Waals surface area contributed by atoms with Gasteiger partial charge in [0.15, 0.2) is 11.5 Å². The molecule has 1 saturated carbocycles. The van der Waals surface area contributed by atoms with E-state index < -0.39 is 0 Å². The molecule has 19 heavy (non-hydrogen) atoms. The zero-order valence-electron chi connectivity index (χ0n) is 11.4. The molecule has 1 aliphatic carbocycles. The van der Waals surface area contributed by atoms with Gasteiger partial charge in [-0.2, -0.15) is 0 Å². The Morgan fingerprint density at radius 1 is 1.26 bits per heavy atom. The van der Waals surface area contributed by atoms with Crippen LogP contribution in [0.3, 0.4) is 0 Å². The summed E-state index contributed by atoms with van der Waals surface area (Å²) in [5, 5.41) is 4.28. The van der Waals surface area contributed by atoms with Gasteiger partial charge >= 0.3 is 0 Å². The lowest BCUT2D eigenvalue weighted by Gasteiger charge is -2.20. The quantitative estimate of drug-likeness (QED) is 0.918. The van der Waals surface area contributed by atoms with Crippen LogP contribution in [0.4, 0.5) is 0 Å². The van der Waals surface area contributed by atoms with Gasteiger partial charge in [-0.05, 0) is 42.4 Å². The second kappa shape index (κ2) is 5.22. The van der Waals surface area contributed by atoms with Crippen molar-refractivity contribution in [2.24, 2.45) is 11.8 Å². The number of fused-ring (bicyclic) bond motifs is 1. The second-order valence-electron chi connectivity index (χ2n) is 5.71. The zero-order valence-corrected chi connectivity index (χ0v) is 12.2. The van der Waals surface area contributed by atoms with Crippen LogP contribution in [0, 0.1) is 11.8 Å². The molecule has 3 rings (SSSR count). The Morgan fingerprint density at radius 3 is 2.84 bits per heavy atom. The normalized spacial score (nSPS) is 28.9. The third-order valence-electron chi connectivity index (χ3n) is 4.52. The molecule has 1 aromatic carbocycles. The van der Waals surface area contributed by atoms with Crippen molar-refractivity contribution in [2.45, 2.75) is 39.3 Å². The fraction of sp³-hybridized carbons (Fsp3) is 0.600. The lowest BCUT2D eigenvalue weighted by atomic mass is 9.97. The van der Waals surface area contributed by atoms with E-state index in [1.165, 1.54) is 12.8 Å². The highest BCUT2D eigenvalue weighted by molar-refractivity contribution is 6.32. The fourth-order valence-electron chi connectivity index (χ4n) is 3.02. The van der Waals surface area contributed by atoms with Gasteiger partial charge in [-0.1, -0.05) is 25.4 Å². The van der Waals surface area contributed by atoms with Crippen molar-refractivity contribution >= 4 is 11.6 Å². The molecule has 1 aliphatic heterocycles. The Balaban J connectivity index is 1.66. The average Bonchev–Trinajstić information content (AvgIpc) is 2.97. The van der Waals surface area contributed by atoms with Gasteiger partial charge in [0, 0.05) is 12.6 Å². The molecule has 0 radical (unpaired) electrons. The van der Waals surface area contributed by atoms with Gasteiger partial charge in [-0.3, -0.25) is 0 Å². The highest BCUT2D eigenvalue weighted by Gasteiger charge is 2.29. The molecule has 1 aromatic rings. The molecule has 0 bridgehead atoms. The summed E-state index contributed by atoms with van der Waals surface area (Å²) < 4.78 is 10.7. The summed E-state index contributed by atoms with van der Waals surface area (Å²) in [6, 6.07) is 4.59. The number of benzene rings is 1. The molecule has 3 atom stereocenters. The summed E-state index contributed by atoms with van der Waals surface area (Å²) in [5.74, 6) is 2.99. The van der Waals surface area contributed by atoms with Gasteiger partial charge in [-0.15, -0.1) is 0 Å². The standard InChI is InChI=1S/C15H20ClNO2/c1-9-3-4-13(10(9)2)17-7-11-5-12(16)15-14(6-11)18-8-19-15/h5-6,9-10,13,17H,3-4,7-8H2,1-2H3. The van der Waals surface area contributed by atoms with Crippen LogP contribution >= 0.6 is 11.6 Å². The van der Waals surface area contributed by atoms with Crippen molar-refractivity contribution in [1.82, 2.24) is 5.32 Å². The highest BCUT2D eigenvalue weighted by Crippen LogP contribution is 2.40. The molecule has 2 aliphatic rings. The van der Waals surface area contributed by atoms with Crippen molar-refractivity contribution < 1.29 is 9.47 Å². The van der Waals surface area contributed by atoms with E-state index in [2.05, 4.69) is 19.2 Å². The van der Waals surface area contributed by atoms with Gasteiger partial charge in [0.25, 0.3) is 0 Å². The number of rotatable bonds is 3. The minimum absolute atomic E-state index is 0.267. The average molecular weight is 282 g/mol. The number of ether oxygens (including phenoxy) is 2. The summed E-state index contributed by atoms with van der Waals surface area (Å²) in [7, 11) is 0. The van der Waals surface area contributed by atoms with E-state index in [1.807, 2.05) is 12.1 Å². The summed E-state index contributed by atoms with van der Waals surface area (Å²) in [4.78, 5) is 0. The van der Waals surface area contributed by atoms with Crippen LogP contribution in [0.5, 0.6) is 11.5 Å². The Labute approximate surface area is 119 Å². The van der Waals surface area contributed by atoms with Gasteiger partial charge in [-0.25, -0.2) is 0 Å². The predicted octanol–water partition coefficient (Wildman–Crippen LogP) is 3.59. The van der Waals surface area contributed by atoms with Crippen LogP contribution in [0.25, 0.3) is 0 Å². The Hall–Kier alpha value is -0.930. The van der Waals surface area contributed by atoms with Crippen LogP contribution in [0.2, 0.25) is 5.02 Å². The smallest absolute Gasteiger partial charge is 0.231 e. The lowest BCUT2D eigenvalue weighted by molar-refractivity contribution is 0.174. The van der Waals surface area contributed by atoms with E-state index in [4.69, 9.17) is 21.1 Å². The van der Waals surface area contributed by atoms with Gasteiger partial charge in [0.05, 0.1) is 5.02 Å². The molecule has 0 spiro atoms. The van der Waals surface area contributed by atoms with Crippen LogP contribution < -0.4 is 14.8 Å². The first-order chi connectivity index (χ1) is 9.15. The maximum absolute atomic E-state index is 6.19. The fourth-order valence-corrected chi connectivity index (χ4v) is 3.31. The second-order valence-corrected chi connectivity index (χ2v) is 6.12. The van der Waals surface area contributed by atoms with Crippen LogP contribution in [0.1, 0.15) is 32.3 Å². The molecule has 4 heteroatoms. The Bertz CT molecular complexity index is 477. The van der Waals surface area contributed by atoms with Crippen LogP contribution in [0.15, 0.2) is 12.1 Å². The summed E-state index contributed by atoms with van der Waals surface area (Å²) in [5.41, 5.74) is 1.15. The van der Waals surface area contributed by atoms with E-state index in [0.717, 1.165) is 29.7 Å². The molecule has 0 aromatic heterocycles. The molecular formula is C15H20ClNO2. The molecule has 104 valence electrons.